The second kappa shape index (κ2) is 11.3. The van der Waals surface area contributed by atoms with Crippen molar-refractivity contribution in [2.45, 2.75) is 65.5 Å². The van der Waals surface area contributed by atoms with Crippen molar-refractivity contribution in [1.29, 1.82) is 0 Å². The Morgan fingerprint density at radius 3 is 2.54 bits per heavy atom. The zero-order valence-electron chi connectivity index (χ0n) is 17.5. The van der Waals surface area contributed by atoms with Crippen molar-refractivity contribution < 1.29 is 9.53 Å². The predicted molar refractivity (Wildman–Crippen MR) is 108 cm³/mol. The van der Waals surface area contributed by atoms with Gasteiger partial charge in [-0.3, -0.25) is 4.99 Å². The van der Waals surface area contributed by atoms with Crippen LogP contribution in [0.25, 0.3) is 0 Å². The maximum atomic E-state index is 11.6. The summed E-state index contributed by atoms with van der Waals surface area (Å²) in [6.07, 6.45) is 2.98. The second-order valence-electron chi connectivity index (χ2n) is 8.26. The largest absolute Gasteiger partial charge is 0.444 e. The van der Waals surface area contributed by atoms with E-state index in [1.54, 1.807) is 7.05 Å². The van der Waals surface area contributed by atoms with Gasteiger partial charge >= 0.3 is 6.09 Å². The summed E-state index contributed by atoms with van der Waals surface area (Å²) in [6, 6.07) is 0.618. The monoisotopic (exact) mass is 369 g/mol. The van der Waals surface area contributed by atoms with Crippen LogP contribution in [0, 0.1) is 5.92 Å². The van der Waals surface area contributed by atoms with E-state index in [0.29, 0.717) is 18.5 Å². The Hall–Kier alpha value is -1.50. The molecule has 1 fully saturated rings. The first-order valence-electron chi connectivity index (χ1n) is 9.86. The molecule has 1 heterocycles. The molecule has 1 amide bonds. The number of carbonyl (C=O) groups is 1. The number of likely N-dealkylation sites (tertiary alicyclic amines) is 1. The van der Waals surface area contributed by atoms with E-state index < -0.39 is 5.60 Å². The van der Waals surface area contributed by atoms with Crippen LogP contribution in [0.4, 0.5) is 4.79 Å². The highest BCUT2D eigenvalue weighted by molar-refractivity contribution is 5.79. The molecule has 3 N–H and O–H groups in total. The van der Waals surface area contributed by atoms with Crippen LogP contribution in [0.1, 0.15) is 53.9 Å². The Morgan fingerprint density at radius 1 is 1.23 bits per heavy atom. The number of nitrogens with zero attached hydrogens (tertiary/aromatic N) is 2. The van der Waals surface area contributed by atoms with Crippen LogP contribution in [0.3, 0.4) is 0 Å². The summed E-state index contributed by atoms with van der Waals surface area (Å²) in [5, 5.41) is 9.49. The molecule has 26 heavy (non-hydrogen) atoms. The smallest absolute Gasteiger partial charge is 0.407 e. The molecule has 0 saturated carbocycles. The van der Waals surface area contributed by atoms with E-state index in [0.717, 1.165) is 32.0 Å². The highest BCUT2D eigenvalue weighted by Gasteiger charge is 2.21. The molecule has 1 saturated heterocycles. The minimum atomic E-state index is -0.460. The molecule has 7 nitrogen and oxygen atoms in total. The van der Waals surface area contributed by atoms with Gasteiger partial charge in [0.05, 0.1) is 0 Å². The molecule has 1 rings (SSSR count). The zero-order chi connectivity index (χ0) is 19.6. The number of rotatable bonds is 7. The summed E-state index contributed by atoms with van der Waals surface area (Å²) >= 11 is 0. The lowest BCUT2D eigenvalue weighted by Crippen LogP contribution is -2.46. The van der Waals surface area contributed by atoms with Crippen LogP contribution >= 0.6 is 0 Å². The molecule has 1 aliphatic rings. The summed E-state index contributed by atoms with van der Waals surface area (Å²) in [5.41, 5.74) is -0.460. The molecule has 1 atom stereocenters. The quantitative estimate of drug-likeness (QED) is 0.364. The lowest BCUT2D eigenvalue weighted by atomic mass is 9.97. The van der Waals surface area contributed by atoms with E-state index in [2.05, 4.69) is 39.7 Å². The first kappa shape index (κ1) is 22.5. The van der Waals surface area contributed by atoms with Crippen LogP contribution in [0.15, 0.2) is 4.99 Å². The Kier molecular flexibility index (Phi) is 9.76. The van der Waals surface area contributed by atoms with Gasteiger partial charge in [0.25, 0.3) is 0 Å². The molecule has 0 aliphatic carbocycles. The van der Waals surface area contributed by atoms with Crippen molar-refractivity contribution in [2.24, 2.45) is 10.9 Å². The number of piperidine rings is 1. The van der Waals surface area contributed by atoms with Crippen LogP contribution in [-0.2, 0) is 4.74 Å². The molecule has 0 aromatic heterocycles. The third-order valence-corrected chi connectivity index (χ3v) is 4.38. The number of aliphatic imine (C=N–C) groups is 1. The SMILES string of the molecule is CN=C(NCCCNC(=O)OC(C)(C)C)NCC1CCCN(C(C)C)C1. The van der Waals surface area contributed by atoms with Gasteiger partial charge < -0.3 is 25.6 Å². The van der Waals surface area contributed by atoms with Gasteiger partial charge in [0.2, 0.25) is 0 Å². The van der Waals surface area contributed by atoms with Gasteiger partial charge in [0.1, 0.15) is 5.60 Å². The fourth-order valence-electron chi connectivity index (χ4n) is 2.99. The fraction of sp³-hybridized carbons (Fsp3) is 0.895. The summed E-state index contributed by atoms with van der Waals surface area (Å²) in [5.74, 6) is 1.49. The lowest BCUT2D eigenvalue weighted by molar-refractivity contribution is 0.0527. The molecule has 0 aromatic carbocycles. The molecule has 152 valence electrons. The van der Waals surface area contributed by atoms with Crippen LogP contribution in [-0.4, -0.2) is 68.4 Å². The van der Waals surface area contributed by atoms with E-state index in [4.69, 9.17) is 4.74 Å². The number of hydrogen-bond acceptors (Lipinski definition) is 4. The second-order valence-corrected chi connectivity index (χ2v) is 8.26. The van der Waals surface area contributed by atoms with Crippen LogP contribution < -0.4 is 16.0 Å². The minimum absolute atomic E-state index is 0.369. The molecule has 1 aliphatic heterocycles. The molecule has 0 radical (unpaired) electrons. The maximum absolute atomic E-state index is 11.6. The number of amides is 1. The third-order valence-electron chi connectivity index (χ3n) is 4.38. The normalized spacial score (nSPS) is 19.3. The number of guanidine groups is 1. The van der Waals surface area contributed by atoms with Gasteiger partial charge in [-0.2, -0.15) is 0 Å². The van der Waals surface area contributed by atoms with Gasteiger partial charge in [0, 0.05) is 39.3 Å². The summed E-state index contributed by atoms with van der Waals surface area (Å²) in [7, 11) is 1.79. The number of hydrogen-bond donors (Lipinski definition) is 3. The molecular weight excluding hydrogens is 330 g/mol. The average Bonchev–Trinajstić information content (AvgIpc) is 2.56. The first-order valence-corrected chi connectivity index (χ1v) is 9.86. The number of ether oxygens (including phenoxy) is 1. The van der Waals surface area contributed by atoms with Crippen LogP contribution in [0.5, 0.6) is 0 Å². The summed E-state index contributed by atoms with van der Waals surface area (Å²) in [4.78, 5) is 18.4. The molecule has 0 spiro atoms. The van der Waals surface area contributed by atoms with Crippen molar-refractivity contribution in [3.05, 3.63) is 0 Å². The van der Waals surface area contributed by atoms with Crippen molar-refractivity contribution in [2.75, 3.05) is 39.8 Å². The van der Waals surface area contributed by atoms with Gasteiger partial charge in [-0.25, -0.2) is 4.79 Å². The number of carbonyl (C=O) groups excluding carboxylic acids is 1. The first-order chi connectivity index (χ1) is 12.2. The molecule has 7 heteroatoms. The predicted octanol–water partition coefficient (Wildman–Crippen LogP) is 2.19. The van der Waals surface area contributed by atoms with Crippen molar-refractivity contribution >= 4 is 12.1 Å². The Labute approximate surface area is 159 Å². The van der Waals surface area contributed by atoms with Crippen LogP contribution in [0.2, 0.25) is 0 Å². The van der Waals surface area contributed by atoms with E-state index in [1.165, 1.54) is 19.4 Å². The Bertz CT molecular complexity index is 446. The van der Waals surface area contributed by atoms with Gasteiger partial charge in [-0.05, 0) is 66.3 Å². The lowest BCUT2D eigenvalue weighted by Gasteiger charge is -2.35. The van der Waals surface area contributed by atoms with Gasteiger partial charge in [-0.15, -0.1) is 0 Å². The van der Waals surface area contributed by atoms with E-state index in [9.17, 15) is 4.79 Å². The van der Waals surface area contributed by atoms with E-state index >= 15 is 0 Å². The molecule has 0 bridgehead atoms. The third kappa shape index (κ3) is 9.85. The van der Waals surface area contributed by atoms with Gasteiger partial charge in [0.15, 0.2) is 5.96 Å². The molecule has 1 unspecified atom stereocenters. The van der Waals surface area contributed by atoms with Crippen molar-refractivity contribution in [3.8, 4) is 0 Å². The minimum Gasteiger partial charge on any atom is -0.444 e. The van der Waals surface area contributed by atoms with E-state index in [-0.39, 0.29) is 6.09 Å². The number of nitrogens with one attached hydrogen (secondary N) is 3. The summed E-state index contributed by atoms with van der Waals surface area (Å²) in [6.45, 7) is 14.7. The van der Waals surface area contributed by atoms with Crippen molar-refractivity contribution in [3.63, 3.8) is 0 Å². The Balaban J connectivity index is 2.16. The highest BCUT2D eigenvalue weighted by Crippen LogP contribution is 2.17. The maximum Gasteiger partial charge on any atom is 0.407 e. The van der Waals surface area contributed by atoms with E-state index in [1.807, 2.05) is 20.8 Å². The fourth-order valence-corrected chi connectivity index (χ4v) is 2.99. The number of alkyl carbamates (subject to hydrolysis) is 1. The molecular formula is C19H39N5O2. The van der Waals surface area contributed by atoms with Crippen molar-refractivity contribution in [1.82, 2.24) is 20.9 Å². The highest BCUT2D eigenvalue weighted by atomic mass is 16.6. The summed E-state index contributed by atoms with van der Waals surface area (Å²) < 4.78 is 5.21. The average molecular weight is 370 g/mol. The van der Waals surface area contributed by atoms with Gasteiger partial charge in [-0.1, -0.05) is 0 Å². The zero-order valence-corrected chi connectivity index (χ0v) is 17.5. The topological polar surface area (TPSA) is 78.0 Å². The standard InChI is InChI=1S/C19H39N5O2/c1-15(2)24-12-7-9-16(14-24)13-23-17(20-6)21-10-8-11-22-18(25)26-19(3,4)5/h15-16H,7-14H2,1-6H3,(H,22,25)(H2,20,21,23). The Morgan fingerprint density at radius 2 is 1.92 bits per heavy atom. The molecule has 0 aromatic rings.